The SMILES string of the molecule is CN(C)S(=O)(=O)N[C@@H](c1ccccc1)c1ccc(C(F)(F)F)cc1. The highest BCUT2D eigenvalue weighted by Gasteiger charge is 2.31. The first-order valence-electron chi connectivity index (χ1n) is 7.03. The molecule has 24 heavy (non-hydrogen) atoms. The summed E-state index contributed by atoms with van der Waals surface area (Å²) in [5, 5.41) is 0. The van der Waals surface area contributed by atoms with Crippen LogP contribution in [0.25, 0.3) is 0 Å². The molecule has 2 aromatic rings. The van der Waals surface area contributed by atoms with Crippen LogP contribution in [0.4, 0.5) is 13.2 Å². The van der Waals surface area contributed by atoms with E-state index in [1.807, 2.05) is 0 Å². The molecule has 0 aliphatic rings. The van der Waals surface area contributed by atoms with Crippen LogP contribution in [0.15, 0.2) is 54.6 Å². The average Bonchev–Trinajstić information content (AvgIpc) is 2.53. The predicted molar refractivity (Wildman–Crippen MR) is 85.5 cm³/mol. The van der Waals surface area contributed by atoms with Crippen molar-refractivity contribution in [1.82, 2.24) is 9.03 Å². The molecule has 2 rings (SSSR count). The van der Waals surface area contributed by atoms with Gasteiger partial charge in [-0.05, 0) is 23.3 Å². The molecule has 0 amide bonds. The Morgan fingerprint density at radius 1 is 0.917 bits per heavy atom. The Labute approximate surface area is 139 Å². The van der Waals surface area contributed by atoms with E-state index >= 15 is 0 Å². The van der Waals surface area contributed by atoms with Crippen LogP contribution in [0.5, 0.6) is 0 Å². The van der Waals surface area contributed by atoms with Crippen LogP contribution in [0.2, 0.25) is 0 Å². The molecule has 1 atom stereocenters. The van der Waals surface area contributed by atoms with Crippen molar-refractivity contribution in [3.63, 3.8) is 0 Å². The number of hydrogen-bond donors (Lipinski definition) is 1. The van der Waals surface area contributed by atoms with Gasteiger partial charge in [-0.2, -0.15) is 30.6 Å². The van der Waals surface area contributed by atoms with E-state index < -0.39 is 28.0 Å². The Morgan fingerprint density at radius 2 is 1.42 bits per heavy atom. The number of nitrogens with one attached hydrogen (secondary N) is 1. The minimum absolute atomic E-state index is 0.416. The van der Waals surface area contributed by atoms with E-state index in [2.05, 4.69) is 4.72 Å². The van der Waals surface area contributed by atoms with Crippen molar-refractivity contribution in [3.8, 4) is 0 Å². The Kier molecular flexibility index (Phi) is 5.32. The van der Waals surface area contributed by atoms with Crippen LogP contribution in [0.1, 0.15) is 22.7 Å². The van der Waals surface area contributed by atoms with Crippen LogP contribution in [-0.2, 0) is 16.4 Å². The molecule has 0 unspecified atom stereocenters. The van der Waals surface area contributed by atoms with E-state index in [1.54, 1.807) is 30.3 Å². The highest BCUT2D eigenvalue weighted by molar-refractivity contribution is 7.87. The molecule has 0 spiro atoms. The Bertz CT molecular complexity index is 773. The molecule has 8 heteroatoms. The molecule has 130 valence electrons. The molecule has 0 heterocycles. The molecule has 0 radical (unpaired) electrons. The van der Waals surface area contributed by atoms with Gasteiger partial charge in [0.05, 0.1) is 11.6 Å². The molecule has 0 aliphatic carbocycles. The molecule has 0 fully saturated rings. The van der Waals surface area contributed by atoms with Gasteiger partial charge in [-0.25, -0.2) is 0 Å². The zero-order valence-corrected chi connectivity index (χ0v) is 13.9. The lowest BCUT2D eigenvalue weighted by Gasteiger charge is -2.22. The van der Waals surface area contributed by atoms with Crippen molar-refractivity contribution in [2.75, 3.05) is 14.1 Å². The fourth-order valence-corrected chi connectivity index (χ4v) is 2.87. The number of rotatable bonds is 5. The smallest absolute Gasteiger partial charge is 0.195 e. The molecule has 0 saturated carbocycles. The summed E-state index contributed by atoms with van der Waals surface area (Å²) >= 11 is 0. The van der Waals surface area contributed by atoms with Crippen LogP contribution in [-0.4, -0.2) is 26.8 Å². The zero-order chi connectivity index (χ0) is 18.0. The van der Waals surface area contributed by atoms with Crippen molar-refractivity contribution in [3.05, 3.63) is 71.3 Å². The van der Waals surface area contributed by atoms with Crippen molar-refractivity contribution in [1.29, 1.82) is 0 Å². The van der Waals surface area contributed by atoms with Gasteiger partial charge in [-0.3, -0.25) is 0 Å². The van der Waals surface area contributed by atoms with Crippen molar-refractivity contribution in [2.24, 2.45) is 0 Å². The lowest BCUT2D eigenvalue weighted by Crippen LogP contribution is -2.38. The molecule has 4 nitrogen and oxygen atoms in total. The van der Waals surface area contributed by atoms with Crippen LogP contribution >= 0.6 is 0 Å². The second kappa shape index (κ2) is 6.92. The summed E-state index contributed by atoms with van der Waals surface area (Å²) in [6.07, 6.45) is -4.44. The van der Waals surface area contributed by atoms with Gasteiger partial charge in [0.2, 0.25) is 0 Å². The first-order valence-corrected chi connectivity index (χ1v) is 8.47. The molecule has 0 aromatic heterocycles. The summed E-state index contributed by atoms with van der Waals surface area (Å²) in [6, 6.07) is 12.3. The monoisotopic (exact) mass is 358 g/mol. The van der Waals surface area contributed by atoms with E-state index in [1.165, 1.54) is 26.2 Å². The van der Waals surface area contributed by atoms with Crippen molar-refractivity contribution >= 4 is 10.2 Å². The van der Waals surface area contributed by atoms with Gasteiger partial charge in [0.1, 0.15) is 0 Å². The first kappa shape index (κ1) is 18.4. The van der Waals surface area contributed by atoms with Crippen LogP contribution in [0, 0.1) is 0 Å². The predicted octanol–water partition coefficient (Wildman–Crippen LogP) is 3.19. The van der Waals surface area contributed by atoms with E-state index in [4.69, 9.17) is 0 Å². The average molecular weight is 358 g/mol. The quantitative estimate of drug-likeness (QED) is 0.892. The van der Waals surface area contributed by atoms with E-state index in [9.17, 15) is 21.6 Å². The minimum Gasteiger partial charge on any atom is -0.195 e. The summed E-state index contributed by atoms with van der Waals surface area (Å²) in [5.74, 6) is 0. The third kappa shape index (κ3) is 4.34. The number of hydrogen-bond acceptors (Lipinski definition) is 2. The summed E-state index contributed by atoms with van der Waals surface area (Å²) in [4.78, 5) is 0. The largest absolute Gasteiger partial charge is 0.416 e. The molecular formula is C16H17F3N2O2S. The van der Waals surface area contributed by atoms with Crippen molar-refractivity contribution in [2.45, 2.75) is 12.2 Å². The van der Waals surface area contributed by atoms with E-state index in [0.29, 0.717) is 11.1 Å². The summed E-state index contributed by atoms with van der Waals surface area (Å²) in [6.45, 7) is 0. The molecule has 1 N–H and O–H groups in total. The lowest BCUT2D eigenvalue weighted by atomic mass is 9.98. The highest BCUT2D eigenvalue weighted by atomic mass is 32.2. The lowest BCUT2D eigenvalue weighted by molar-refractivity contribution is -0.137. The maximum Gasteiger partial charge on any atom is 0.416 e. The number of halogens is 3. The first-order chi connectivity index (χ1) is 11.1. The topological polar surface area (TPSA) is 49.4 Å². The standard InChI is InChI=1S/C16H17F3N2O2S/c1-21(2)24(22,23)20-15(12-6-4-3-5-7-12)13-8-10-14(11-9-13)16(17,18)19/h3-11,15,20H,1-2H3/t15-/m0/s1. The fourth-order valence-electron chi connectivity index (χ4n) is 2.09. The van der Waals surface area contributed by atoms with E-state index in [0.717, 1.165) is 16.4 Å². The molecule has 0 bridgehead atoms. The highest BCUT2D eigenvalue weighted by Crippen LogP contribution is 2.31. The fraction of sp³-hybridized carbons (Fsp3) is 0.250. The van der Waals surface area contributed by atoms with Gasteiger partial charge in [0.15, 0.2) is 0 Å². The summed E-state index contributed by atoms with van der Waals surface area (Å²) in [7, 11) is -1.03. The van der Waals surface area contributed by atoms with Gasteiger partial charge in [-0.1, -0.05) is 42.5 Å². The van der Waals surface area contributed by atoms with E-state index in [-0.39, 0.29) is 0 Å². The second-order valence-electron chi connectivity index (χ2n) is 5.37. The van der Waals surface area contributed by atoms with Gasteiger partial charge in [0.25, 0.3) is 10.2 Å². The summed E-state index contributed by atoms with van der Waals surface area (Å²) in [5.41, 5.74) is 0.260. The molecule has 2 aromatic carbocycles. The number of alkyl halides is 3. The maximum atomic E-state index is 12.7. The number of benzene rings is 2. The molecule has 0 aliphatic heterocycles. The van der Waals surface area contributed by atoms with Gasteiger partial charge >= 0.3 is 6.18 Å². The normalized spacial score (nSPS) is 13.9. The maximum absolute atomic E-state index is 12.7. The van der Waals surface area contributed by atoms with Gasteiger partial charge < -0.3 is 0 Å². The Balaban J connectivity index is 2.43. The van der Waals surface area contributed by atoms with Gasteiger partial charge in [0, 0.05) is 14.1 Å². The number of nitrogens with zero attached hydrogens (tertiary/aromatic N) is 1. The Hall–Kier alpha value is -1.90. The van der Waals surface area contributed by atoms with Gasteiger partial charge in [-0.15, -0.1) is 0 Å². The zero-order valence-electron chi connectivity index (χ0n) is 13.1. The Morgan fingerprint density at radius 3 is 1.88 bits per heavy atom. The molecular weight excluding hydrogens is 341 g/mol. The minimum atomic E-state index is -4.44. The molecule has 0 saturated heterocycles. The van der Waals surface area contributed by atoms with Crippen LogP contribution < -0.4 is 4.72 Å². The van der Waals surface area contributed by atoms with Crippen molar-refractivity contribution < 1.29 is 21.6 Å². The summed E-state index contributed by atoms with van der Waals surface area (Å²) < 4.78 is 65.9. The second-order valence-corrected chi connectivity index (χ2v) is 7.28. The van der Waals surface area contributed by atoms with Crippen LogP contribution in [0.3, 0.4) is 0 Å². The third-order valence-electron chi connectivity index (χ3n) is 3.45. The third-order valence-corrected chi connectivity index (χ3v) is 4.95.